The molecule has 1 heterocycles. The zero-order valence-electron chi connectivity index (χ0n) is 15.2. The summed E-state index contributed by atoms with van der Waals surface area (Å²) in [6.45, 7) is 0.511. The summed E-state index contributed by atoms with van der Waals surface area (Å²) in [5.41, 5.74) is 1.64. The summed E-state index contributed by atoms with van der Waals surface area (Å²) in [6, 6.07) is 18.1. The van der Waals surface area contributed by atoms with Gasteiger partial charge in [0.15, 0.2) is 0 Å². The first kappa shape index (κ1) is 18.4. The second kappa shape index (κ2) is 7.95. The second-order valence-electron chi connectivity index (χ2n) is 6.70. The van der Waals surface area contributed by atoms with Crippen molar-refractivity contribution in [2.75, 3.05) is 17.2 Å². The van der Waals surface area contributed by atoms with E-state index in [1.54, 1.807) is 36.5 Å². The minimum atomic E-state index is -3.47. The average molecular weight is 395 g/mol. The fourth-order valence-electron chi connectivity index (χ4n) is 2.64. The third-order valence-electron chi connectivity index (χ3n) is 4.38. The van der Waals surface area contributed by atoms with Crippen molar-refractivity contribution < 1.29 is 8.42 Å². The molecule has 8 heteroatoms. The maximum atomic E-state index is 12.3. The van der Waals surface area contributed by atoms with Gasteiger partial charge in [-0.15, -0.1) is 0 Å². The number of aromatic nitrogens is 2. The highest BCUT2D eigenvalue weighted by molar-refractivity contribution is 7.89. The van der Waals surface area contributed by atoms with Gasteiger partial charge in [-0.25, -0.2) is 18.1 Å². The van der Waals surface area contributed by atoms with Crippen molar-refractivity contribution in [3.8, 4) is 0 Å². The minimum absolute atomic E-state index is 0.249. The van der Waals surface area contributed by atoms with E-state index < -0.39 is 10.0 Å². The summed E-state index contributed by atoms with van der Waals surface area (Å²) in [7, 11) is -3.47. The normalized spacial score (nSPS) is 13.9. The zero-order chi connectivity index (χ0) is 19.4. The molecule has 3 aromatic rings. The lowest BCUT2D eigenvalue weighted by Crippen LogP contribution is -2.25. The highest BCUT2D eigenvalue weighted by Gasteiger charge is 2.24. The summed E-state index contributed by atoms with van der Waals surface area (Å²) < 4.78 is 27.2. The molecule has 0 spiro atoms. The second-order valence-corrected chi connectivity index (χ2v) is 8.47. The van der Waals surface area contributed by atoms with E-state index in [1.165, 1.54) is 0 Å². The van der Waals surface area contributed by atoms with Crippen LogP contribution in [0.25, 0.3) is 0 Å². The molecule has 0 unspecified atom stereocenters. The van der Waals surface area contributed by atoms with Gasteiger partial charge in [-0.2, -0.15) is 4.98 Å². The molecular weight excluding hydrogens is 374 g/mol. The number of para-hydroxylation sites is 1. The molecule has 0 bridgehead atoms. The van der Waals surface area contributed by atoms with Crippen LogP contribution in [0.15, 0.2) is 71.8 Å². The molecule has 0 amide bonds. The van der Waals surface area contributed by atoms with Gasteiger partial charge >= 0.3 is 0 Å². The van der Waals surface area contributed by atoms with Crippen molar-refractivity contribution in [2.24, 2.45) is 5.92 Å². The molecule has 1 aliphatic rings. The van der Waals surface area contributed by atoms with Gasteiger partial charge in [0, 0.05) is 24.1 Å². The Labute approximate surface area is 164 Å². The van der Waals surface area contributed by atoms with Gasteiger partial charge in [0.05, 0.1) is 4.90 Å². The molecule has 4 rings (SSSR count). The maximum Gasteiger partial charge on any atom is 0.240 e. The van der Waals surface area contributed by atoms with Crippen LogP contribution in [-0.2, 0) is 10.0 Å². The van der Waals surface area contributed by atoms with E-state index >= 15 is 0 Å². The molecule has 0 aliphatic heterocycles. The quantitative estimate of drug-likeness (QED) is 0.539. The van der Waals surface area contributed by atoms with Gasteiger partial charge in [0.25, 0.3) is 0 Å². The monoisotopic (exact) mass is 395 g/mol. The summed E-state index contributed by atoms with van der Waals surface area (Å²) >= 11 is 0. The van der Waals surface area contributed by atoms with Crippen LogP contribution < -0.4 is 15.4 Å². The molecule has 1 aliphatic carbocycles. The van der Waals surface area contributed by atoms with Crippen LogP contribution in [0.3, 0.4) is 0 Å². The van der Waals surface area contributed by atoms with Gasteiger partial charge in [0.1, 0.15) is 5.82 Å². The van der Waals surface area contributed by atoms with Gasteiger partial charge in [-0.05, 0) is 61.2 Å². The fourth-order valence-corrected chi connectivity index (χ4v) is 3.75. The Kier molecular flexibility index (Phi) is 5.23. The third kappa shape index (κ3) is 4.85. The molecule has 1 saturated carbocycles. The zero-order valence-corrected chi connectivity index (χ0v) is 16.0. The van der Waals surface area contributed by atoms with E-state index in [0.29, 0.717) is 29.9 Å². The van der Waals surface area contributed by atoms with Crippen molar-refractivity contribution in [2.45, 2.75) is 17.7 Å². The smallest absolute Gasteiger partial charge is 0.240 e. The van der Waals surface area contributed by atoms with E-state index in [-0.39, 0.29) is 4.90 Å². The van der Waals surface area contributed by atoms with Crippen LogP contribution in [0.4, 0.5) is 23.1 Å². The Hall–Kier alpha value is -2.97. The van der Waals surface area contributed by atoms with E-state index in [1.807, 2.05) is 30.3 Å². The summed E-state index contributed by atoms with van der Waals surface area (Å²) in [4.78, 5) is 8.89. The van der Waals surface area contributed by atoms with Crippen LogP contribution in [0.2, 0.25) is 0 Å². The van der Waals surface area contributed by atoms with Crippen LogP contribution >= 0.6 is 0 Å². The molecule has 7 nitrogen and oxygen atoms in total. The Balaban J connectivity index is 1.42. The van der Waals surface area contributed by atoms with Crippen LogP contribution in [0.5, 0.6) is 0 Å². The summed E-state index contributed by atoms with van der Waals surface area (Å²) in [5.74, 6) is 1.57. The molecule has 0 atom stereocenters. The maximum absolute atomic E-state index is 12.3. The molecule has 144 valence electrons. The highest BCUT2D eigenvalue weighted by Crippen LogP contribution is 2.28. The first-order valence-electron chi connectivity index (χ1n) is 9.10. The van der Waals surface area contributed by atoms with E-state index in [4.69, 9.17) is 0 Å². The van der Waals surface area contributed by atoms with Crippen LogP contribution in [-0.4, -0.2) is 24.9 Å². The molecule has 28 heavy (non-hydrogen) atoms. The number of hydrogen-bond donors (Lipinski definition) is 3. The lowest BCUT2D eigenvalue weighted by Gasteiger charge is -2.10. The Bertz CT molecular complexity index is 1040. The van der Waals surface area contributed by atoms with Gasteiger partial charge in [0.2, 0.25) is 16.0 Å². The molecular formula is C20H21N5O2S. The Morgan fingerprint density at radius 3 is 2.32 bits per heavy atom. The molecule has 2 aromatic carbocycles. The van der Waals surface area contributed by atoms with Crippen molar-refractivity contribution in [1.29, 1.82) is 0 Å². The van der Waals surface area contributed by atoms with E-state index in [2.05, 4.69) is 25.3 Å². The first-order chi connectivity index (χ1) is 13.6. The van der Waals surface area contributed by atoms with Crippen molar-refractivity contribution in [1.82, 2.24) is 14.7 Å². The number of benzene rings is 2. The number of rotatable bonds is 8. The molecule has 1 fully saturated rings. The van der Waals surface area contributed by atoms with Crippen molar-refractivity contribution in [3.63, 3.8) is 0 Å². The predicted octanol–water partition coefficient (Wildman–Crippen LogP) is 3.65. The predicted molar refractivity (Wildman–Crippen MR) is 109 cm³/mol. The Morgan fingerprint density at radius 2 is 1.61 bits per heavy atom. The molecule has 1 aromatic heterocycles. The average Bonchev–Trinajstić information content (AvgIpc) is 3.53. The largest absolute Gasteiger partial charge is 0.340 e. The lowest BCUT2D eigenvalue weighted by molar-refractivity contribution is 0.577. The van der Waals surface area contributed by atoms with Crippen LogP contribution in [0.1, 0.15) is 12.8 Å². The van der Waals surface area contributed by atoms with Crippen molar-refractivity contribution >= 4 is 33.2 Å². The molecule has 3 N–H and O–H groups in total. The third-order valence-corrected chi connectivity index (χ3v) is 5.82. The number of sulfonamides is 1. The number of nitrogens with one attached hydrogen (secondary N) is 3. The molecule has 0 radical (unpaired) electrons. The number of nitrogens with zero attached hydrogens (tertiary/aromatic N) is 2. The minimum Gasteiger partial charge on any atom is -0.340 e. The van der Waals surface area contributed by atoms with Gasteiger partial charge in [-0.3, -0.25) is 0 Å². The molecule has 0 saturated heterocycles. The number of hydrogen-bond acceptors (Lipinski definition) is 6. The van der Waals surface area contributed by atoms with Crippen LogP contribution in [0, 0.1) is 5.92 Å². The summed E-state index contributed by atoms with van der Waals surface area (Å²) in [6.07, 6.45) is 3.86. The van der Waals surface area contributed by atoms with Gasteiger partial charge in [-0.1, -0.05) is 18.2 Å². The van der Waals surface area contributed by atoms with E-state index in [0.717, 1.165) is 18.5 Å². The topological polar surface area (TPSA) is 96.0 Å². The Morgan fingerprint density at radius 1 is 0.893 bits per heavy atom. The highest BCUT2D eigenvalue weighted by atomic mass is 32.2. The van der Waals surface area contributed by atoms with Gasteiger partial charge < -0.3 is 10.6 Å². The van der Waals surface area contributed by atoms with Crippen molar-refractivity contribution in [3.05, 3.63) is 66.9 Å². The first-order valence-corrected chi connectivity index (χ1v) is 10.6. The lowest BCUT2D eigenvalue weighted by atomic mass is 10.3. The SMILES string of the molecule is O=S(=O)(NCC1CC1)c1ccc(Nc2nccc(Nc3ccccc3)n2)cc1. The summed E-state index contributed by atoms with van der Waals surface area (Å²) in [5, 5.41) is 6.30. The number of anilines is 4. The fraction of sp³-hybridized carbons (Fsp3) is 0.200. The van der Waals surface area contributed by atoms with E-state index in [9.17, 15) is 8.42 Å². The standard InChI is InChI=1S/C20H21N5O2S/c26-28(27,22-14-15-6-7-15)18-10-8-17(9-11-18)24-20-21-13-12-19(25-20)23-16-4-2-1-3-5-16/h1-5,8-13,15,22H,6-7,14H2,(H2,21,23,24,25).